The maximum atomic E-state index is 12.2. The number of carbonyl (C=O) groups is 1. The van der Waals surface area contributed by atoms with Crippen molar-refractivity contribution < 1.29 is 14.3 Å². The molecule has 0 aliphatic rings. The molecule has 0 aromatic heterocycles. The molecule has 0 heterocycles. The van der Waals surface area contributed by atoms with E-state index in [9.17, 15) is 4.79 Å². The van der Waals surface area contributed by atoms with E-state index in [1.54, 1.807) is 0 Å². The Bertz CT molecular complexity index is 749. The number of halogens is 1. The predicted octanol–water partition coefficient (Wildman–Crippen LogP) is 5.55. The lowest BCUT2D eigenvalue weighted by atomic mass is 9.86. The van der Waals surface area contributed by atoms with Crippen molar-refractivity contribution in [2.24, 2.45) is 0 Å². The molecule has 5 heteroatoms. The summed E-state index contributed by atoms with van der Waals surface area (Å²) >= 11 is 3.49. The number of carbonyl (C=O) groups excluding carboxylic acids is 1. The van der Waals surface area contributed by atoms with Gasteiger partial charge in [0.05, 0.1) is 6.10 Å². The van der Waals surface area contributed by atoms with Crippen molar-refractivity contribution in [2.45, 2.75) is 46.1 Å². The van der Waals surface area contributed by atoms with E-state index in [2.05, 4.69) is 42.0 Å². The van der Waals surface area contributed by atoms with Gasteiger partial charge in [-0.3, -0.25) is 4.79 Å². The van der Waals surface area contributed by atoms with Crippen LogP contribution in [-0.4, -0.2) is 18.6 Å². The molecule has 2 aromatic rings. The summed E-state index contributed by atoms with van der Waals surface area (Å²) < 4.78 is 12.4. The molecule has 2 aromatic carbocycles. The third kappa shape index (κ3) is 6.06. The molecule has 0 atom stereocenters. The van der Waals surface area contributed by atoms with Gasteiger partial charge in [0.25, 0.3) is 5.91 Å². The maximum Gasteiger partial charge on any atom is 0.262 e. The first-order valence-electron chi connectivity index (χ1n) is 8.64. The van der Waals surface area contributed by atoms with Gasteiger partial charge >= 0.3 is 0 Å². The van der Waals surface area contributed by atoms with E-state index in [0.717, 1.165) is 21.5 Å². The highest BCUT2D eigenvalue weighted by molar-refractivity contribution is 9.10. The molecule has 140 valence electrons. The SMILES string of the molecule is CC(C)Oc1ccc(NC(=O)COc2ccc(Br)cc2C(C)(C)C)cc1. The Hall–Kier alpha value is -2.01. The fourth-order valence-corrected chi connectivity index (χ4v) is 2.80. The number of amides is 1. The number of nitrogens with one attached hydrogen (secondary N) is 1. The van der Waals surface area contributed by atoms with Crippen molar-refractivity contribution in [2.75, 3.05) is 11.9 Å². The molecule has 1 amide bonds. The normalized spacial score (nSPS) is 11.3. The van der Waals surface area contributed by atoms with Crippen molar-refractivity contribution in [1.29, 1.82) is 0 Å². The van der Waals surface area contributed by atoms with Crippen molar-refractivity contribution in [3.63, 3.8) is 0 Å². The zero-order valence-electron chi connectivity index (χ0n) is 15.9. The van der Waals surface area contributed by atoms with Crippen LogP contribution in [0.3, 0.4) is 0 Å². The lowest BCUT2D eigenvalue weighted by Gasteiger charge is -2.23. The fourth-order valence-electron chi connectivity index (χ4n) is 2.44. The monoisotopic (exact) mass is 419 g/mol. The molecule has 2 rings (SSSR count). The van der Waals surface area contributed by atoms with E-state index in [-0.39, 0.29) is 24.0 Å². The summed E-state index contributed by atoms with van der Waals surface area (Å²) in [6.45, 7) is 10.2. The fraction of sp³-hybridized carbons (Fsp3) is 0.381. The smallest absolute Gasteiger partial charge is 0.262 e. The van der Waals surface area contributed by atoms with Gasteiger partial charge in [-0.25, -0.2) is 0 Å². The number of hydrogen-bond acceptors (Lipinski definition) is 3. The minimum absolute atomic E-state index is 0.0467. The number of anilines is 1. The van der Waals surface area contributed by atoms with Crippen LogP contribution < -0.4 is 14.8 Å². The van der Waals surface area contributed by atoms with Crippen LogP contribution >= 0.6 is 15.9 Å². The molecule has 1 N–H and O–H groups in total. The number of hydrogen-bond donors (Lipinski definition) is 1. The van der Waals surface area contributed by atoms with Crippen LogP contribution in [0, 0.1) is 0 Å². The summed E-state index contributed by atoms with van der Waals surface area (Å²) in [4.78, 5) is 12.2. The Morgan fingerprint density at radius 1 is 1.12 bits per heavy atom. The molecule has 0 aliphatic heterocycles. The summed E-state index contributed by atoms with van der Waals surface area (Å²) in [5.41, 5.74) is 1.68. The summed E-state index contributed by atoms with van der Waals surface area (Å²) in [7, 11) is 0. The summed E-state index contributed by atoms with van der Waals surface area (Å²) in [6, 6.07) is 13.1. The number of benzene rings is 2. The molecule has 0 unspecified atom stereocenters. The second kappa shape index (κ2) is 8.58. The minimum atomic E-state index is -0.203. The molecule has 0 saturated heterocycles. The topological polar surface area (TPSA) is 47.6 Å². The molecular weight excluding hydrogens is 394 g/mol. The molecule has 0 spiro atoms. The third-order valence-electron chi connectivity index (χ3n) is 3.62. The van der Waals surface area contributed by atoms with Crippen LogP contribution in [0.2, 0.25) is 0 Å². The highest BCUT2D eigenvalue weighted by Gasteiger charge is 2.20. The quantitative estimate of drug-likeness (QED) is 0.667. The highest BCUT2D eigenvalue weighted by Crippen LogP contribution is 2.33. The zero-order valence-corrected chi connectivity index (χ0v) is 17.5. The van der Waals surface area contributed by atoms with E-state index in [0.29, 0.717) is 5.69 Å². The van der Waals surface area contributed by atoms with Crippen LogP contribution in [0.1, 0.15) is 40.2 Å². The molecule has 0 aliphatic carbocycles. The van der Waals surface area contributed by atoms with Gasteiger partial charge in [-0.05, 0) is 61.7 Å². The van der Waals surface area contributed by atoms with E-state index >= 15 is 0 Å². The van der Waals surface area contributed by atoms with Crippen LogP contribution in [0.4, 0.5) is 5.69 Å². The summed E-state index contributed by atoms with van der Waals surface area (Å²) in [5, 5.41) is 2.83. The van der Waals surface area contributed by atoms with Gasteiger partial charge in [-0.15, -0.1) is 0 Å². The Balaban J connectivity index is 1.97. The van der Waals surface area contributed by atoms with Crippen LogP contribution in [0.25, 0.3) is 0 Å². The van der Waals surface area contributed by atoms with E-state index < -0.39 is 0 Å². The maximum absolute atomic E-state index is 12.2. The summed E-state index contributed by atoms with van der Waals surface area (Å²) in [5.74, 6) is 1.29. The van der Waals surface area contributed by atoms with Crippen molar-refractivity contribution in [1.82, 2.24) is 0 Å². The summed E-state index contributed by atoms with van der Waals surface area (Å²) in [6.07, 6.45) is 0.117. The molecule has 0 saturated carbocycles. The first kappa shape index (κ1) is 20.3. The third-order valence-corrected chi connectivity index (χ3v) is 4.11. The largest absolute Gasteiger partial charge is 0.491 e. The van der Waals surface area contributed by atoms with Crippen LogP contribution in [-0.2, 0) is 10.2 Å². The van der Waals surface area contributed by atoms with Gasteiger partial charge in [-0.2, -0.15) is 0 Å². The lowest BCUT2D eigenvalue weighted by molar-refractivity contribution is -0.118. The van der Waals surface area contributed by atoms with Gasteiger partial charge in [0.2, 0.25) is 0 Å². The van der Waals surface area contributed by atoms with E-state index in [1.807, 2.05) is 56.3 Å². The van der Waals surface area contributed by atoms with E-state index in [4.69, 9.17) is 9.47 Å². The second-order valence-corrected chi connectivity index (χ2v) is 8.33. The van der Waals surface area contributed by atoms with Crippen molar-refractivity contribution in [3.8, 4) is 11.5 Å². The Kier molecular flexibility index (Phi) is 6.70. The number of ether oxygens (including phenoxy) is 2. The van der Waals surface area contributed by atoms with Gasteiger partial charge in [0.15, 0.2) is 6.61 Å². The molecule has 0 fully saturated rings. The van der Waals surface area contributed by atoms with Gasteiger partial charge in [0, 0.05) is 15.7 Å². The van der Waals surface area contributed by atoms with Crippen molar-refractivity contribution in [3.05, 3.63) is 52.5 Å². The molecule has 4 nitrogen and oxygen atoms in total. The van der Waals surface area contributed by atoms with E-state index in [1.165, 1.54) is 0 Å². The highest BCUT2D eigenvalue weighted by atomic mass is 79.9. The second-order valence-electron chi connectivity index (χ2n) is 7.42. The standard InChI is InChI=1S/C21H26BrNO3/c1-14(2)26-17-9-7-16(8-10-17)23-20(24)13-25-19-11-6-15(22)12-18(19)21(3,4)5/h6-12,14H,13H2,1-5H3,(H,23,24). The zero-order chi connectivity index (χ0) is 19.3. The first-order chi connectivity index (χ1) is 12.1. The van der Waals surface area contributed by atoms with Crippen LogP contribution in [0.15, 0.2) is 46.9 Å². The average Bonchev–Trinajstić information content (AvgIpc) is 2.54. The Morgan fingerprint density at radius 3 is 2.35 bits per heavy atom. The molecule has 0 bridgehead atoms. The Morgan fingerprint density at radius 2 is 1.77 bits per heavy atom. The van der Waals surface area contributed by atoms with Gasteiger partial charge in [-0.1, -0.05) is 36.7 Å². The lowest BCUT2D eigenvalue weighted by Crippen LogP contribution is -2.22. The van der Waals surface area contributed by atoms with Crippen LogP contribution in [0.5, 0.6) is 11.5 Å². The van der Waals surface area contributed by atoms with Crippen molar-refractivity contribution >= 4 is 27.5 Å². The average molecular weight is 420 g/mol. The molecule has 0 radical (unpaired) electrons. The first-order valence-corrected chi connectivity index (χ1v) is 9.44. The molecular formula is C21H26BrNO3. The minimum Gasteiger partial charge on any atom is -0.491 e. The number of rotatable bonds is 6. The predicted molar refractivity (Wildman–Crippen MR) is 109 cm³/mol. The van der Waals surface area contributed by atoms with Gasteiger partial charge < -0.3 is 14.8 Å². The van der Waals surface area contributed by atoms with Gasteiger partial charge in [0.1, 0.15) is 11.5 Å². The molecule has 26 heavy (non-hydrogen) atoms. The Labute approximate surface area is 164 Å².